The number of fused-ring (bicyclic) bond motifs is 4. The smallest absolute Gasteiger partial charge is 0.416 e. The highest BCUT2D eigenvalue weighted by Crippen LogP contribution is 2.60. The molecule has 10 heteroatoms. The Morgan fingerprint density at radius 2 is 0.737 bits per heavy atom. The molecule has 0 bridgehead atoms. The summed E-state index contributed by atoms with van der Waals surface area (Å²) in [5.41, 5.74) is 3.65. The minimum absolute atomic E-state index is 0.243. The van der Waals surface area contributed by atoms with Crippen molar-refractivity contribution in [1.29, 1.82) is 0 Å². The van der Waals surface area contributed by atoms with Gasteiger partial charge < -0.3 is 19.3 Å². The van der Waals surface area contributed by atoms with Gasteiger partial charge in [0.15, 0.2) is 23.0 Å². The molecule has 2 aliphatic rings. The van der Waals surface area contributed by atoms with Crippen LogP contribution in [0.5, 0.6) is 23.0 Å². The minimum atomic E-state index is -4.67. The van der Waals surface area contributed by atoms with E-state index in [4.69, 9.17) is 9.47 Å². The third kappa shape index (κ3) is 6.21. The van der Waals surface area contributed by atoms with Gasteiger partial charge >= 0.3 is 12.4 Å². The molecule has 0 amide bonds. The van der Waals surface area contributed by atoms with E-state index in [1.54, 1.807) is 12.1 Å². The lowest BCUT2D eigenvalue weighted by Gasteiger charge is -2.39. The second-order valence-corrected chi connectivity index (χ2v) is 14.1. The van der Waals surface area contributed by atoms with Gasteiger partial charge in [-0.1, -0.05) is 86.6 Å². The fraction of sp³-hybridized carbons (Fsp3) is 0.106. The summed E-state index contributed by atoms with van der Waals surface area (Å²) >= 11 is 0. The van der Waals surface area contributed by atoms with Crippen LogP contribution in [0.3, 0.4) is 0 Å². The Hall–Kier alpha value is -6.68. The zero-order valence-corrected chi connectivity index (χ0v) is 30.5. The van der Waals surface area contributed by atoms with Crippen LogP contribution in [0, 0.1) is 0 Å². The second kappa shape index (κ2) is 13.5. The molecule has 0 radical (unpaired) electrons. The minimum Gasteiger partial charge on any atom is -0.453 e. The first-order valence-corrected chi connectivity index (χ1v) is 18.3. The highest BCUT2D eigenvalue weighted by molar-refractivity contribution is 6.04. The number of hydrogen-bond donors (Lipinski definition) is 0. The standard InChI is InChI=1S/C47H32F6N2O2/c1-28(2)43-44(29-13-11-15-31(25-29)46(48,49)50)37(54-33-17-3-7-21-39(33)56-40-22-8-4-18-34(40)54)27-38(45(43)30-14-12-16-32(26-30)47(51,52)53)55-35-19-5-9-23-41(35)57-42-24-10-6-20-36(42)55/h3-28H,1-2H3. The zero-order chi connectivity index (χ0) is 39.6. The summed E-state index contributed by atoms with van der Waals surface area (Å²) in [6.45, 7) is 3.80. The van der Waals surface area contributed by atoms with Crippen LogP contribution in [0.25, 0.3) is 22.3 Å². The number of hydrogen-bond acceptors (Lipinski definition) is 4. The Morgan fingerprint density at radius 1 is 0.404 bits per heavy atom. The Bertz CT molecular complexity index is 2420. The van der Waals surface area contributed by atoms with Crippen molar-refractivity contribution in [1.82, 2.24) is 0 Å². The van der Waals surface area contributed by atoms with Crippen molar-refractivity contribution in [3.63, 3.8) is 0 Å². The largest absolute Gasteiger partial charge is 0.453 e. The van der Waals surface area contributed by atoms with E-state index in [2.05, 4.69) is 0 Å². The van der Waals surface area contributed by atoms with Gasteiger partial charge in [-0.15, -0.1) is 0 Å². The normalized spacial score (nSPS) is 13.3. The lowest BCUT2D eigenvalue weighted by molar-refractivity contribution is -0.138. The Morgan fingerprint density at radius 3 is 1.05 bits per heavy atom. The van der Waals surface area contributed by atoms with Crippen molar-refractivity contribution in [3.8, 4) is 45.3 Å². The molecule has 0 unspecified atom stereocenters. The van der Waals surface area contributed by atoms with E-state index in [1.807, 2.05) is 127 Å². The first-order chi connectivity index (χ1) is 27.4. The van der Waals surface area contributed by atoms with Crippen LogP contribution in [0.15, 0.2) is 152 Å². The molecule has 0 aromatic heterocycles. The van der Waals surface area contributed by atoms with Crippen LogP contribution >= 0.6 is 0 Å². The lowest BCUT2D eigenvalue weighted by atomic mass is 9.82. The molecule has 0 spiro atoms. The topological polar surface area (TPSA) is 24.9 Å². The zero-order valence-electron chi connectivity index (χ0n) is 30.5. The SMILES string of the molecule is CC(C)c1c(-c2cccc(C(F)(F)F)c2)c(N2c3ccccc3Oc3ccccc32)cc(N2c3ccccc3Oc3ccccc32)c1-c1cccc(C(F)(F)F)c1. The average molecular weight is 771 g/mol. The van der Waals surface area contributed by atoms with Crippen molar-refractivity contribution in [2.45, 2.75) is 32.1 Å². The highest BCUT2D eigenvalue weighted by atomic mass is 19.4. The fourth-order valence-corrected chi connectivity index (χ4v) is 7.84. The van der Waals surface area contributed by atoms with Gasteiger partial charge in [0.1, 0.15) is 0 Å². The van der Waals surface area contributed by atoms with Gasteiger partial charge in [-0.25, -0.2) is 0 Å². The van der Waals surface area contributed by atoms with Gasteiger partial charge in [-0.05, 0) is 101 Å². The van der Waals surface area contributed by atoms with Crippen molar-refractivity contribution in [3.05, 3.63) is 168 Å². The van der Waals surface area contributed by atoms with E-state index in [0.29, 0.717) is 73.8 Å². The van der Waals surface area contributed by atoms with Crippen LogP contribution in [0.1, 0.15) is 36.5 Å². The first-order valence-electron chi connectivity index (χ1n) is 18.3. The van der Waals surface area contributed by atoms with Crippen molar-refractivity contribution < 1.29 is 35.8 Å². The molecular formula is C47H32F6N2O2. The van der Waals surface area contributed by atoms with Gasteiger partial charge in [-0.3, -0.25) is 0 Å². The molecule has 0 atom stereocenters. The molecule has 284 valence electrons. The highest BCUT2D eigenvalue weighted by Gasteiger charge is 2.37. The predicted molar refractivity (Wildman–Crippen MR) is 211 cm³/mol. The number of benzene rings is 7. The number of nitrogens with zero attached hydrogens (tertiary/aromatic N) is 2. The van der Waals surface area contributed by atoms with Gasteiger partial charge in [0, 0.05) is 11.1 Å². The summed E-state index contributed by atoms with van der Waals surface area (Å²) in [4.78, 5) is 3.93. The number of para-hydroxylation sites is 8. The predicted octanol–water partition coefficient (Wildman–Crippen LogP) is 15.3. The summed E-state index contributed by atoms with van der Waals surface area (Å²) in [5, 5.41) is 0. The number of halogens is 6. The molecule has 0 aliphatic carbocycles. The molecule has 9 rings (SSSR count). The van der Waals surface area contributed by atoms with E-state index >= 15 is 0 Å². The van der Waals surface area contributed by atoms with E-state index in [1.165, 1.54) is 12.1 Å². The molecule has 2 heterocycles. The maximum absolute atomic E-state index is 14.5. The molecular weight excluding hydrogens is 739 g/mol. The lowest BCUT2D eigenvalue weighted by Crippen LogP contribution is -2.21. The third-order valence-electron chi connectivity index (χ3n) is 10.2. The summed E-state index contributed by atoms with van der Waals surface area (Å²) in [7, 11) is 0. The maximum Gasteiger partial charge on any atom is 0.416 e. The molecule has 2 aliphatic heterocycles. The van der Waals surface area contributed by atoms with E-state index in [0.717, 1.165) is 24.3 Å². The number of alkyl halides is 6. The van der Waals surface area contributed by atoms with E-state index in [-0.39, 0.29) is 11.1 Å². The van der Waals surface area contributed by atoms with Crippen LogP contribution < -0.4 is 19.3 Å². The summed E-state index contributed by atoms with van der Waals surface area (Å²) in [6.07, 6.45) is -9.34. The second-order valence-electron chi connectivity index (χ2n) is 14.1. The Kier molecular flexibility index (Phi) is 8.53. The molecule has 0 fully saturated rings. The van der Waals surface area contributed by atoms with Gasteiger partial charge in [-0.2, -0.15) is 26.3 Å². The number of anilines is 6. The Balaban J connectivity index is 1.49. The monoisotopic (exact) mass is 770 g/mol. The first kappa shape index (κ1) is 36.0. The van der Waals surface area contributed by atoms with Gasteiger partial charge in [0.25, 0.3) is 0 Å². The van der Waals surface area contributed by atoms with Crippen LogP contribution in [0.4, 0.5) is 60.5 Å². The summed E-state index contributed by atoms with van der Waals surface area (Å²) in [5.74, 6) is 1.63. The van der Waals surface area contributed by atoms with Crippen molar-refractivity contribution in [2.24, 2.45) is 0 Å². The third-order valence-corrected chi connectivity index (χ3v) is 10.2. The average Bonchev–Trinajstić information content (AvgIpc) is 3.20. The van der Waals surface area contributed by atoms with Crippen LogP contribution in [-0.4, -0.2) is 0 Å². The number of ether oxygens (including phenoxy) is 2. The molecule has 7 aromatic carbocycles. The van der Waals surface area contributed by atoms with Crippen LogP contribution in [-0.2, 0) is 12.4 Å². The summed E-state index contributed by atoms with van der Waals surface area (Å²) < 4.78 is 99.9. The summed E-state index contributed by atoms with van der Waals surface area (Å²) in [6, 6.07) is 41.6. The quantitative estimate of drug-likeness (QED) is 0.163. The van der Waals surface area contributed by atoms with Gasteiger partial charge in [0.05, 0.1) is 45.3 Å². The Labute approximate surface area is 324 Å². The molecule has 7 aromatic rings. The van der Waals surface area contributed by atoms with E-state index < -0.39 is 29.4 Å². The fourth-order valence-electron chi connectivity index (χ4n) is 7.84. The molecule has 0 saturated heterocycles. The van der Waals surface area contributed by atoms with Gasteiger partial charge in [0.2, 0.25) is 0 Å². The molecule has 4 nitrogen and oxygen atoms in total. The van der Waals surface area contributed by atoms with Crippen molar-refractivity contribution >= 4 is 34.1 Å². The molecule has 0 saturated carbocycles. The molecule has 0 N–H and O–H groups in total. The number of rotatable bonds is 5. The van der Waals surface area contributed by atoms with Crippen molar-refractivity contribution in [2.75, 3.05) is 9.80 Å². The molecule has 57 heavy (non-hydrogen) atoms. The maximum atomic E-state index is 14.5. The van der Waals surface area contributed by atoms with E-state index in [9.17, 15) is 26.3 Å². The van der Waals surface area contributed by atoms with Crippen LogP contribution in [0.2, 0.25) is 0 Å².